The van der Waals surface area contributed by atoms with Crippen molar-refractivity contribution in [2.45, 2.75) is 31.4 Å². The van der Waals surface area contributed by atoms with Crippen molar-refractivity contribution in [1.82, 2.24) is 4.90 Å². The molecule has 1 aromatic rings. The molecule has 1 amide bonds. The lowest BCUT2D eigenvalue weighted by molar-refractivity contribution is -0.148. The van der Waals surface area contributed by atoms with Gasteiger partial charge in [-0.1, -0.05) is 12.1 Å². The van der Waals surface area contributed by atoms with Crippen LogP contribution in [0.3, 0.4) is 0 Å². The Morgan fingerprint density at radius 1 is 1.32 bits per heavy atom. The monoisotopic (exact) mass is 349 g/mol. The molecule has 0 unspecified atom stereocenters. The molecule has 138 valence electrons. The molecule has 2 heterocycles. The topological polar surface area (TPSA) is 57.2 Å². The first-order chi connectivity index (χ1) is 12.2. The third-order valence-corrected chi connectivity index (χ3v) is 4.92. The van der Waals surface area contributed by atoms with Crippen LogP contribution < -0.4 is 4.74 Å². The first kappa shape index (κ1) is 18.2. The SMILES string of the molecule is CCOC[C@@H]1C[C@@]2(COCCN2C(=O)Cc2ccc(OC)cc2)CO1. The van der Waals surface area contributed by atoms with Crippen LogP contribution in [0.2, 0.25) is 0 Å². The van der Waals surface area contributed by atoms with E-state index in [0.717, 1.165) is 17.7 Å². The van der Waals surface area contributed by atoms with Gasteiger partial charge in [-0.15, -0.1) is 0 Å². The van der Waals surface area contributed by atoms with Crippen molar-refractivity contribution in [2.75, 3.05) is 46.7 Å². The van der Waals surface area contributed by atoms with E-state index in [9.17, 15) is 4.79 Å². The van der Waals surface area contributed by atoms with Gasteiger partial charge in [0.2, 0.25) is 5.91 Å². The number of hydrogen-bond donors (Lipinski definition) is 0. The smallest absolute Gasteiger partial charge is 0.227 e. The number of morpholine rings is 1. The summed E-state index contributed by atoms with van der Waals surface area (Å²) in [6.45, 7) is 5.44. The van der Waals surface area contributed by atoms with Crippen LogP contribution in [0.1, 0.15) is 18.9 Å². The average molecular weight is 349 g/mol. The number of hydrogen-bond acceptors (Lipinski definition) is 5. The van der Waals surface area contributed by atoms with Crippen LogP contribution in [-0.4, -0.2) is 69.1 Å². The Hall–Kier alpha value is -1.63. The van der Waals surface area contributed by atoms with Crippen molar-refractivity contribution < 1.29 is 23.7 Å². The Morgan fingerprint density at radius 2 is 2.12 bits per heavy atom. The molecule has 0 saturated carbocycles. The predicted octanol–water partition coefficient (Wildman–Crippen LogP) is 1.66. The standard InChI is InChI=1S/C19H27NO5/c1-3-23-12-17-11-19(14-25-17)13-24-9-8-20(19)18(21)10-15-4-6-16(22-2)7-5-15/h4-7,17H,3,8-14H2,1-2H3/t17-,19+/m0/s1. The molecule has 0 bridgehead atoms. The number of carbonyl (C=O) groups excluding carboxylic acids is 1. The Labute approximate surface area is 149 Å². The highest BCUT2D eigenvalue weighted by atomic mass is 16.5. The Balaban J connectivity index is 1.66. The maximum absolute atomic E-state index is 13.0. The molecule has 0 aromatic heterocycles. The molecule has 0 radical (unpaired) electrons. The van der Waals surface area contributed by atoms with Gasteiger partial charge >= 0.3 is 0 Å². The molecule has 2 aliphatic rings. The molecule has 3 rings (SSSR count). The van der Waals surface area contributed by atoms with E-state index in [-0.39, 0.29) is 17.6 Å². The Bertz CT molecular complexity index is 576. The highest BCUT2D eigenvalue weighted by Crippen LogP contribution is 2.33. The van der Waals surface area contributed by atoms with Crippen molar-refractivity contribution in [1.29, 1.82) is 0 Å². The average Bonchev–Trinajstić information content (AvgIpc) is 3.04. The van der Waals surface area contributed by atoms with Gasteiger partial charge in [-0.3, -0.25) is 4.79 Å². The van der Waals surface area contributed by atoms with E-state index >= 15 is 0 Å². The molecule has 1 aromatic carbocycles. The van der Waals surface area contributed by atoms with E-state index in [1.807, 2.05) is 36.1 Å². The highest BCUT2D eigenvalue weighted by Gasteiger charge is 2.48. The molecular formula is C19H27NO5. The number of amides is 1. The minimum atomic E-state index is -0.358. The summed E-state index contributed by atoms with van der Waals surface area (Å²) in [5.74, 6) is 0.913. The van der Waals surface area contributed by atoms with E-state index in [2.05, 4.69) is 0 Å². The van der Waals surface area contributed by atoms with Crippen LogP contribution in [0, 0.1) is 0 Å². The second kappa shape index (κ2) is 8.17. The number of ether oxygens (including phenoxy) is 4. The zero-order valence-corrected chi connectivity index (χ0v) is 15.0. The summed E-state index contributed by atoms with van der Waals surface area (Å²) in [6.07, 6.45) is 1.17. The second-order valence-corrected chi connectivity index (χ2v) is 6.64. The third kappa shape index (κ3) is 4.14. The zero-order chi connectivity index (χ0) is 17.7. The fourth-order valence-corrected chi connectivity index (χ4v) is 3.60. The van der Waals surface area contributed by atoms with Crippen LogP contribution in [0.4, 0.5) is 0 Å². The first-order valence-electron chi connectivity index (χ1n) is 8.87. The van der Waals surface area contributed by atoms with Gasteiger partial charge in [0.1, 0.15) is 5.75 Å². The minimum absolute atomic E-state index is 0.0259. The highest BCUT2D eigenvalue weighted by molar-refractivity contribution is 5.80. The van der Waals surface area contributed by atoms with Gasteiger partial charge < -0.3 is 23.8 Å². The molecule has 2 fully saturated rings. The summed E-state index contributed by atoms with van der Waals surface area (Å²) in [5.41, 5.74) is 0.626. The maximum atomic E-state index is 13.0. The van der Waals surface area contributed by atoms with Crippen molar-refractivity contribution in [3.63, 3.8) is 0 Å². The molecule has 2 atom stereocenters. The normalized spacial score (nSPS) is 26.2. The van der Waals surface area contributed by atoms with Gasteiger partial charge in [0.05, 0.1) is 51.6 Å². The minimum Gasteiger partial charge on any atom is -0.497 e. The van der Waals surface area contributed by atoms with Crippen LogP contribution in [0.25, 0.3) is 0 Å². The number of methoxy groups -OCH3 is 1. The Morgan fingerprint density at radius 3 is 2.84 bits per heavy atom. The molecule has 2 aliphatic heterocycles. The largest absolute Gasteiger partial charge is 0.497 e. The van der Waals surface area contributed by atoms with Crippen LogP contribution in [0.5, 0.6) is 5.75 Å². The van der Waals surface area contributed by atoms with Crippen LogP contribution in [-0.2, 0) is 25.4 Å². The summed E-state index contributed by atoms with van der Waals surface area (Å²) in [7, 11) is 1.64. The lowest BCUT2D eigenvalue weighted by atomic mass is 9.92. The fourth-order valence-electron chi connectivity index (χ4n) is 3.60. The summed E-state index contributed by atoms with van der Waals surface area (Å²) in [4.78, 5) is 14.9. The quantitative estimate of drug-likeness (QED) is 0.782. The molecule has 0 N–H and O–H groups in total. The van der Waals surface area contributed by atoms with Crippen LogP contribution >= 0.6 is 0 Å². The summed E-state index contributed by atoms with van der Waals surface area (Å²) >= 11 is 0. The van der Waals surface area contributed by atoms with E-state index in [0.29, 0.717) is 46.0 Å². The van der Waals surface area contributed by atoms with Gasteiger partial charge in [0, 0.05) is 19.6 Å². The molecule has 6 nitrogen and oxygen atoms in total. The van der Waals surface area contributed by atoms with Crippen molar-refractivity contribution in [3.05, 3.63) is 29.8 Å². The van der Waals surface area contributed by atoms with E-state index in [1.165, 1.54) is 0 Å². The molecule has 6 heteroatoms. The predicted molar refractivity (Wildman–Crippen MR) is 92.8 cm³/mol. The molecule has 0 aliphatic carbocycles. The number of nitrogens with zero attached hydrogens (tertiary/aromatic N) is 1. The molecule has 25 heavy (non-hydrogen) atoms. The number of rotatable bonds is 6. The summed E-state index contributed by atoms with van der Waals surface area (Å²) < 4.78 is 22.2. The van der Waals surface area contributed by atoms with Gasteiger partial charge in [0.25, 0.3) is 0 Å². The summed E-state index contributed by atoms with van der Waals surface area (Å²) in [6, 6.07) is 7.64. The van der Waals surface area contributed by atoms with Crippen molar-refractivity contribution in [3.8, 4) is 5.75 Å². The van der Waals surface area contributed by atoms with E-state index < -0.39 is 0 Å². The lowest BCUT2D eigenvalue weighted by Crippen LogP contribution is -2.60. The van der Waals surface area contributed by atoms with Crippen LogP contribution in [0.15, 0.2) is 24.3 Å². The Kier molecular flexibility index (Phi) is 5.93. The first-order valence-corrected chi connectivity index (χ1v) is 8.87. The number of carbonyl (C=O) groups is 1. The second-order valence-electron chi connectivity index (χ2n) is 6.64. The molecule has 2 saturated heterocycles. The lowest BCUT2D eigenvalue weighted by Gasteiger charge is -2.43. The van der Waals surface area contributed by atoms with Gasteiger partial charge in [-0.25, -0.2) is 0 Å². The maximum Gasteiger partial charge on any atom is 0.227 e. The van der Waals surface area contributed by atoms with E-state index in [1.54, 1.807) is 7.11 Å². The summed E-state index contributed by atoms with van der Waals surface area (Å²) in [5, 5.41) is 0. The fraction of sp³-hybridized carbons (Fsp3) is 0.632. The van der Waals surface area contributed by atoms with Gasteiger partial charge in [-0.05, 0) is 24.6 Å². The van der Waals surface area contributed by atoms with Gasteiger partial charge in [-0.2, -0.15) is 0 Å². The van der Waals surface area contributed by atoms with Gasteiger partial charge in [0.15, 0.2) is 0 Å². The molecular weight excluding hydrogens is 322 g/mol. The van der Waals surface area contributed by atoms with Crippen molar-refractivity contribution >= 4 is 5.91 Å². The third-order valence-electron chi connectivity index (χ3n) is 4.92. The van der Waals surface area contributed by atoms with Crippen molar-refractivity contribution in [2.24, 2.45) is 0 Å². The molecule has 1 spiro atoms. The zero-order valence-electron chi connectivity index (χ0n) is 15.0. The van der Waals surface area contributed by atoms with E-state index in [4.69, 9.17) is 18.9 Å². The number of benzene rings is 1.